The summed E-state index contributed by atoms with van der Waals surface area (Å²) in [6.07, 6.45) is 6.94. The van der Waals surface area contributed by atoms with Crippen LogP contribution in [-0.2, 0) is 6.42 Å². The molecule has 0 spiro atoms. The molecule has 1 saturated heterocycles. The standard InChI is InChI=1S/C27H27FN6O3/c1-18(35)17-37-21-11-22(26-20(13-29)15-32-34(26)16-21)19-4-5-25(31-14-19)33-9-6-27(36,7-10-33)12-24-23(28)3-2-8-30-24/h2-5,8,11,14-16,18,35-36H,6-7,9-10,12,17H2,1H3/t18-/m0/s1. The van der Waals surface area contributed by atoms with Gasteiger partial charge in [-0.15, -0.1) is 0 Å². The molecule has 10 heteroatoms. The number of anilines is 1. The summed E-state index contributed by atoms with van der Waals surface area (Å²) in [6, 6.07) is 10.7. The molecule has 1 fully saturated rings. The molecule has 9 nitrogen and oxygen atoms in total. The molecule has 1 atom stereocenters. The minimum Gasteiger partial charge on any atom is -0.489 e. The minimum atomic E-state index is -1.01. The summed E-state index contributed by atoms with van der Waals surface area (Å²) >= 11 is 0. The first kappa shape index (κ1) is 24.6. The zero-order valence-corrected chi connectivity index (χ0v) is 20.4. The van der Waals surface area contributed by atoms with Gasteiger partial charge in [0, 0.05) is 43.0 Å². The fourth-order valence-corrected chi connectivity index (χ4v) is 4.62. The molecule has 0 bridgehead atoms. The van der Waals surface area contributed by atoms with Crippen LogP contribution >= 0.6 is 0 Å². The van der Waals surface area contributed by atoms with Crippen LogP contribution in [0.1, 0.15) is 31.0 Å². The molecule has 5 heterocycles. The maximum atomic E-state index is 14.0. The number of nitriles is 1. The Kier molecular flexibility index (Phi) is 6.74. The quantitative estimate of drug-likeness (QED) is 0.396. The number of aliphatic hydroxyl groups excluding tert-OH is 1. The number of aliphatic hydroxyl groups is 2. The number of halogens is 1. The van der Waals surface area contributed by atoms with Gasteiger partial charge >= 0.3 is 0 Å². The first-order chi connectivity index (χ1) is 17.8. The Balaban J connectivity index is 1.35. The number of nitrogens with zero attached hydrogens (tertiary/aromatic N) is 6. The van der Waals surface area contributed by atoms with Gasteiger partial charge in [0.05, 0.1) is 40.9 Å². The van der Waals surface area contributed by atoms with E-state index in [0.717, 1.165) is 16.9 Å². The smallest absolute Gasteiger partial charge is 0.144 e. The van der Waals surface area contributed by atoms with E-state index in [1.165, 1.54) is 18.5 Å². The Bertz CT molecular complexity index is 1440. The summed E-state index contributed by atoms with van der Waals surface area (Å²) in [5.74, 6) is 0.879. The lowest BCUT2D eigenvalue weighted by atomic mass is 9.86. The van der Waals surface area contributed by atoms with Gasteiger partial charge in [-0.05, 0) is 50.1 Å². The van der Waals surface area contributed by atoms with Crippen molar-refractivity contribution in [2.24, 2.45) is 0 Å². The topological polar surface area (TPSA) is 120 Å². The van der Waals surface area contributed by atoms with Crippen molar-refractivity contribution in [3.8, 4) is 22.9 Å². The van der Waals surface area contributed by atoms with Crippen LogP contribution in [0.4, 0.5) is 10.2 Å². The molecule has 0 saturated carbocycles. The van der Waals surface area contributed by atoms with Gasteiger partial charge in [-0.3, -0.25) is 4.98 Å². The summed E-state index contributed by atoms with van der Waals surface area (Å²) in [4.78, 5) is 10.8. The van der Waals surface area contributed by atoms with Gasteiger partial charge in [0.1, 0.15) is 30.1 Å². The van der Waals surface area contributed by atoms with Gasteiger partial charge in [-0.2, -0.15) is 10.4 Å². The Morgan fingerprint density at radius 3 is 2.70 bits per heavy atom. The third kappa shape index (κ3) is 5.23. The van der Waals surface area contributed by atoms with E-state index in [9.17, 15) is 19.9 Å². The maximum Gasteiger partial charge on any atom is 0.144 e. The zero-order chi connectivity index (χ0) is 26.0. The average Bonchev–Trinajstić information content (AvgIpc) is 3.32. The second kappa shape index (κ2) is 10.1. The average molecular weight is 503 g/mol. The molecule has 37 heavy (non-hydrogen) atoms. The second-order valence-corrected chi connectivity index (χ2v) is 9.44. The molecule has 1 aliphatic rings. The van der Waals surface area contributed by atoms with Crippen LogP contribution in [-0.4, -0.2) is 61.2 Å². The van der Waals surface area contributed by atoms with Crippen molar-refractivity contribution >= 4 is 11.3 Å². The van der Waals surface area contributed by atoms with Crippen LogP contribution in [0.5, 0.6) is 5.75 Å². The van der Waals surface area contributed by atoms with Gasteiger partial charge in [-0.25, -0.2) is 13.9 Å². The van der Waals surface area contributed by atoms with Crippen LogP contribution in [0.15, 0.2) is 55.1 Å². The number of hydrogen-bond donors (Lipinski definition) is 2. The van der Waals surface area contributed by atoms with Crippen molar-refractivity contribution in [1.82, 2.24) is 19.6 Å². The van der Waals surface area contributed by atoms with E-state index in [4.69, 9.17) is 4.74 Å². The van der Waals surface area contributed by atoms with E-state index < -0.39 is 17.5 Å². The largest absolute Gasteiger partial charge is 0.489 e. The normalized spacial score (nSPS) is 15.9. The van der Waals surface area contributed by atoms with Gasteiger partial charge < -0.3 is 19.8 Å². The van der Waals surface area contributed by atoms with Crippen molar-refractivity contribution in [3.05, 3.63) is 72.2 Å². The van der Waals surface area contributed by atoms with E-state index in [1.807, 2.05) is 18.2 Å². The maximum absolute atomic E-state index is 14.0. The highest BCUT2D eigenvalue weighted by molar-refractivity contribution is 5.85. The number of ether oxygens (including phenoxy) is 1. The monoisotopic (exact) mass is 502 g/mol. The summed E-state index contributed by atoms with van der Waals surface area (Å²) < 4.78 is 21.3. The van der Waals surface area contributed by atoms with Gasteiger partial charge in [0.15, 0.2) is 0 Å². The first-order valence-corrected chi connectivity index (χ1v) is 12.1. The molecule has 4 aromatic heterocycles. The van der Waals surface area contributed by atoms with Crippen molar-refractivity contribution in [1.29, 1.82) is 5.26 Å². The first-order valence-electron chi connectivity index (χ1n) is 12.1. The molecule has 0 unspecified atom stereocenters. The van der Waals surface area contributed by atoms with Crippen LogP contribution in [0.3, 0.4) is 0 Å². The molecule has 0 aliphatic carbocycles. The summed E-state index contributed by atoms with van der Waals surface area (Å²) in [6.45, 7) is 2.92. The third-order valence-corrected chi connectivity index (χ3v) is 6.61. The minimum absolute atomic E-state index is 0.128. The Morgan fingerprint density at radius 2 is 2.03 bits per heavy atom. The van der Waals surface area contributed by atoms with Crippen LogP contribution < -0.4 is 9.64 Å². The number of piperidine rings is 1. The van der Waals surface area contributed by atoms with E-state index >= 15 is 0 Å². The lowest BCUT2D eigenvalue weighted by Gasteiger charge is -2.38. The van der Waals surface area contributed by atoms with Crippen LogP contribution in [0.2, 0.25) is 0 Å². The van der Waals surface area contributed by atoms with Crippen molar-refractivity contribution in [2.45, 2.75) is 37.9 Å². The highest BCUT2D eigenvalue weighted by atomic mass is 19.1. The Labute approximate surface area is 213 Å². The fraction of sp³-hybridized carbons (Fsp3) is 0.333. The molecule has 0 radical (unpaired) electrons. The molecule has 4 aromatic rings. The van der Waals surface area contributed by atoms with Crippen molar-refractivity contribution < 1.29 is 19.3 Å². The SMILES string of the molecule is C[C@H](O)COc1cc(-c2ccc(N3CCC(O)(Cc4ncccc4F)CC3)nc2)c2c(C#N)cnn2c1. The molecule has 0 aromatic carbocycles. The third-order valence-electron chi connectivity index (χ3n) is 6.61. The number of rotatable bonds is 7. The molecule has 2 N–H and O–H groups in total. The molecular weight excluding hydrogens is 475 g/mol. The summed E-state index contributed by atoms with van der Waals surface area (Å²) in [5.41, 5.74) is 1.86. The number of fused-ring (bicyclic) bond motifs is 1. The van der Waals surface area contributed by atoms with Crippen molar-refractivity contribution in [3.63, 3.8) is 0 Å². The number of pyridine rings is 3. The molecule has 5 rings (SSSR count). The van der Waals surface area contributed by atoms with E-state index in [0.29, 0.717) is 42.8 Å². The predicted octanol–water partition coefficient (Wildman–Crippen LogP) is 3.14. The molecule has 190 valence electrons. The zero-order valence-electron chi connectivity index (χ0n) is 20.4. The van der Waals surface area contributed by atoms with E-state index in [1.54, 1.807) is 29.9 Å². The van der Waals surface area contributed by atoms with E-state index in [-0.39, 0.29) is 18.7 Å². The fourth-order valence-electron chi connectivity index (χ4n) is 4.62. The summed E-state index contributed by atoms with van der Waals surface area (Å²) in [7, 11) is 0. The van der Waals surface area contributed by atoms with E-state index in [2.05, 4.69) is 26.0 Å². The Morgan fingerprint density at radius 1 is 1.22 bits per heavy atom. The van der Waals surface area contributed by atoms with Gasteiger partial charge in [0.2, 0.25) is 0 Å². The molecular formula is C27H27FN6O3. The van der Waals surface area contributed by atoms with Crippen molar-refractivity contribution in [2.75, 3.05) is 24.6 Å². The van der Waals surface area contributed by atoms with Gasteiger partial charge in [0.25, 0.3) is 0 Å². The highest BCUT2D eigenvalue weighted by Crippen LogP contribution is 2.33. The van der Waals surface area contributed by atoms with Gasteiger partial charge in [-0.1, -0.05) is 0 Å². The lowest BCUT2D eigenvalue weighted by molar-refractivity contribution is 0.0147. The second-order valence-electron chi connectivity index (χ2n) is 9.44. The summed E-state index contributed by atoms with van der Waals surface area (Å²) in [5, 5.41) is 34.5. The lowest BCUT2D eigenvalue weighted by Crippen LogP contribution is -2.46. The van der Waals surface area contributed by atoms with Crippen LogP contribution in [0.25, 0.3) is 16.6 Å². The molecule has 1 aliphatic heterocycles. The number of hydrogen-bond acceptors (Lipinski definition) is 8. The number of aromatic nitrogens is 4. The predicted molar refractivity (Wildman–Crippen MR) is 135 cm³/mol. The Hall–Kier alpha value is -4.07. The molecule has 0 amide bonds. The van der Waals surface area contributed by atoms with Crippen LogP contribution in [0, 0.1) is 17.1 Å². The highest BCUT2D eigenvalue weighted by Gasteiger charge is 2.34.